The zero-order valence-corrected chi connectivity index (χ0v) is 15.6. The molecule has 0 radical (unpaired) electrons. The summed E-state index contributed by atoms with van der Waals surface area (Å²) >= 11 is 0. The van der Waals surface area contributed by atoms with Crippen molar-refractivity contribution in [1.82, 2.24) is 24.9 Å². The molecule has 4 heterocycles. The van der Waals surface area contributed by atoms with E-state index in [-0.39, 0.29) is 5.56 Å². The fourth-order valence-electron chi connectivity index (χ4n) is 3.88. The minimum absolute atomic E-state index is 0.0114. The van der Waals surface area contributed by atoms with Gasteiger partial charge in [-0.25, -0.2) is 4.68 Å². The summed E-state index contributed by atoms with van der Waals surface area (Å²) in [5.74, 6) is 1.47. The number of anilines is 1. The van der Waals surface area contributed by atoms with Crippen molar-refractivity contribution in [2.75, 3.05) is 31.6 Å². The minimum atomic E-state index is -0.0114. The molecule has 0 unspecified atom stereocenters. The van der Waals surface area contributed by atoms with E-state index in [9.17, 15) is 4.79 Å². The maximum atomic E-state index is 12.0. The Morgan fingerprint density at radius 1 is 1.15 bits per heavy atom. The molecule has 2 aliphatic rings. The Labute approximate surface area is 153 Å². The molecule has 4 rings (SSSR count). The van der Waals surface area contributed by atoms with E-state index < -0.39 is 0 Å². The van der Waals surface area contributed by atoms with Crippen LogP contribution in [0.5, 0.6) is 0 Å². The number of aromatic nitrogens is 4. The van der Waals surface area contributed by atoms with E-state index in [0.29, 0.717) is 12.5 Å². The van der Waals surface area contributed by atoms with Gasteiger partial charge in [0.25, 0.3) is 5.56 Å². The van der Waals surface area contributed by atoms with Crippen LogP contribution in [0.25, 0.3) is 0 Å². The van der Waals surface area contributed by atoms with Crippen LogP contribution >= 0.6 is 0 Å². The first-order valence-electron chi connectivity index (χ1n) is 9.42. The number of hydrogen-bond acceptors (Lipinski definition) is 6. The molecule has 7 nitrogen and oxygen atoms in total. The number of hydrogen-bond donors (Lipinski definition) is 0. The van der Waals surface area contributed by atoms with Gasteiger partial charge in [0, 0.05) is 45.2 Å². The first-order valence-corrected chi connectivity index (χ1v) is 9.42. The van der Waals surface area contributed by atoms with Gasteiger partial charge in [-0.3, -0.25) is 4.79 Å². The van der Waals surface area contributed by atoms with Crippen LogP contribution in [-0.4, -0.2) is 51.6 Å². The van der Waals surface area contributed by atoms with Crippen molar-refractivity contribution in [3.8, 4) is 0 Å². The van der Waals surface area contributed by atoms with E-state index in [1.54, 1.807) is 16.8 Å². The Kier molecular flexibility index (Phi) is 4.72. The molecule has 2 aromatic heterocycles. The highest BCUT2D eigenvalue weighted by Crippen LogP contribution is 2.25. The van der Waals surface area contributed by atoms with Gasteiger partial charge in [0.1, 0.15) is 0 Å². The van der Waals surface area contributed by atoms with E-state index in [1.807, 2.05) is 6.92 Å². The minimum Gasteiger partial charge on any atom is -0.355 e. The molecule has 26 heavy (non-hydrogen) atoms. The molecule has 0 spiro atoms. The van der Waals surface area contributed by atoms with Crippen LogP contribution in [-0.2, 0) is 19.5 Å². The highest BCUT2D eigenvalue weighted by Gasteiger charge is 2.23. The van der Waals surface area contributed by atoms with E-state index in [4.69, 9.17) is 0 Å². The largest absolute Gasteiger partial charge is 0.355 e. The van der Waals surface area contributed by atoms with Crippen LogP contribution in [0.2, 0.25) is 0 Å². The molecule has 2 aliphatic heterocycles. The van der Waals surface area contributed by atoms with Crippen LogP contribution in [0.15, 0.2) is 23.0 Å². The Morgan fingerprint density at radius 3 is 2.77 bits per heavy atom. The quantitative estimate of drug-likeness (QED) is 0.826. The highest BCUT2D eigenvalue weighted by molar-refractivity contribution is 5.42. The molecule has 0 bridgehead atoms. The predicted octanol–water partition coefficient (Wildman–Crippen LogP) is 1.25. The Hall–Kier alpha value is -2.28. The third kappa shape index (κ3) is 3.62. The van der Waals surface area contributed by atoms with Crippen molar-refractivity contribution < 1.29 is 0 Å². The lowest BCUT2D eigenvalue weighted by Gasteiger charge is -2.33. The smallest absolute Gasteiger partial charge is 0.266 e. The lowest BCUT2D eigenvalue weighted by Crippen LogP contribution is -2.37. The molecule has 0 amide bonds. The second-order valence-electron chi connectivity index (χ2n) is 7.59. The Morgan fingerprint density at radius 2 is 1.96 bits per heavy atom. The SMILES string of the molecule is Cc1ccc(=O)n(CC2CCN(c3cc4c(nn3)CCN(C)C4)CC2)n1. The second-order valence-corrected chi connectivity index (χ2v) is 7.59. The van der Waals surface area contributed by atoms with Gasteiger partial charge in [-0.2, -0.15) is 10.2 Å². The summed E-state index contributed by atoms with van der Waals surface area (Å²) in [6.07, 6.45) is 3.07. The number of aryl methyl sites for hydroxylation is 1. The maximum Gasteiger partial charge on any atom is 0.266 e. The zero-order chi connectivity index (χ0) is 18.1. The maximum absolute atomic E-state index is 12.0. The van der Waals surface area contributed by atoms with Crippen molar-refractivity contribution in [2.45, 2.75) is 39.3 Å². The summed E-state index contributed by atoms with van der Waals surface area (Å²) < 4.78 is 1.62. The van der Waals surface area contributed by atoms with Gasteiger partial charge in [-0.1, -0.05) is 0 Å². The topological polar surface area (TPSA) is 67.2 Å². The summed E-state index contributed by atoms with van der Waals surface area (Å²) in [4.78, 5) is 16.6. The van der Waals surface area contributed by atoms with Gasteiger partial charge < -0.3 is 9.80 Å². The van der Waals surface area contributed by atoms with Gasteiger partial charge in [0.2, 0.25) is 0 Å². The van der Waals surface area contributed by atoms with Crippen LogP contribution in [0, 0.1) is 12.8 Å². The molecule has 1 saturated heterocycles. The average Bonchev–Trinajstić information content (AvgIpc) is 2.65. The van der Waals surface area contributed by atoms with Gasteiger partial charge in [0.15, 0.2) is 5.82 Å². The number of rotatable bonds is 3. The molecule has 0 atom stereocenters. The highest BCUT2D eigenvalue weighted by atomic mass is 16.1. The van der Waals surface area contributed by atoms with Gasteiger partial charge >= 0.3 is 0 Å². The average molecular weight is 354 g/mol. The van der Waals surface area contributed by atoms with E-state index in [1.165, 1.54) is 5.56 Å². The first-order chi connectivity index (χ1) is 12.6. The number of piperidine rings is 1. The van der Waals surface area contributed by atoms with E-state index >= 15 is 0 Å². The summed E-state index contributed by atoms with van der Waals surface area (Å²) in [6, 6.07) is 5.59. The fourth-order valence-corrected chi connectivity index (χ4v) is 3.88. The van der Waals surface area contributed by atoms with Gasteiger partial charge in [-0.15, -0.1) is 5.10 Å². The monoisotopic (exact) mass is 354 g/mol. The fraction of sp³-hybridized carbons (Fsp3) is 0.579. The first kappa shape index (κ1) is 17.1. The Bertz CT molecular complexity index is 840. The lowest BCUT2D eigenvalue weighted by molar-refractivity contribution is 0.308. The number of fused-ring (bicyclic) bond motifs is 1. The van der Waals surface area contributed by atoms with Crippen LogP contribution in [0.4, 0.5) is 5.82 Å². The standard InChI is InChI=1S/C19H26N6O/c1-14-3-4-19(26)25(22-14)12-15-5-9-24(10-6-15)18-11-16-13-23(2)8-7-17(16)20-21-18/h3-4,11,15H,5-10,12-13H2,1-2H3. The third-order valence-electron chi connectivity index (χ3n) is 5.49. The molecule has 1 fully saturated rings. The number of nitrogens with zero attached hydrogens (tertiary/aromatic N) is 6. The van der Waals surface area contributed by atoms with Crippen molar-refractivity contribution in [3.63, 3.8) is 0 Å². The lowest BCUT2D eigenvalue weighted by atomic mass is 9.96. The van der Waals surface area contributed by atoms with Crippen molar-refractivity contribution in [2.24, 2.45) is 5.92 Å². The summed E-state index contributed by atoms with van der Waals surface area (Å²) in [5, 5.41) is 13.3. The van der Waals surface area contributed by atoms with Gasteiger partial charge in [0.05, 0.1) is 11.4 Å². The van der Waals surface area contributed by atoms with Crippen molar-refractivity contribution in [1.29, 1.82) is 0 Å². The number of likely N-dealkylation sites (N-methyl/N-ethyl adjacent to an activating group) is 1. The van der Waals surface area contributed by atoms with E-state index in [0.717, 1.165) is 62.6 Å². The summed E-state index contributed by atoms with van der Waals surface area (Å²) in [5.41, 5.74) is 3.33. The van der Waals surface area contributed by atoms with Crippen molar-refractivity contribution >= 4 is 5.82 Å². The van der Waals surface area contributed by atoms with Crippen LogP contribution < -0.4 is 10.5 Å². The molecule has 2 aromatic rings. The molecule has 0 N–H and O–H groups in total. The second kappa shape index (κ2) is 7.15. The molecule has 138 valence electrons. The zero-order valence-electron chi connectivity index (χ0n) is 15.6. The molecule has 7 heteroatoms. The van der Waals surface area contributed by atoms with Crippen LogP contribution in [0.1, 0.15) is 29.8 Å². The molecule has 0 aromatic carbocycles. The Balaban J connectivity index is 1.40. The third-order valence-corrected chi connectivity index (χ3v) is 5.49. The summed E-state index contributed by atoms with van der Waals surface area (Å²) in [7, 11) is 2.15. The molecular weight excluding hydrogens is 328 g/mol. The normalized spacial score (nSPS) is 18.8. The van der Waals surface area contributed by atoms with Gasteiger partial charge in [-0.05, 0) is 50.4 Å². The summed E-state index contributed by atoms with van der Waals surface area (Å²) in [6.45, 7) is 6.54. The molecule has 0 aliphatic carbocycles. The van der Waals surface area contributed by atoms with E-state index in [2.05, 4.69) is 38.2 Å². The molecular formula is C19H26N6O. The molecule has 0 saturated carbocycles. The van der Waals surface area contributed by atoms with Crippen molar-refractivity contribution in [3.05, 3.63) is 45.5 Å². The predicted molar refractivity (Wildman–Crippen MR) is 100 cm³/mol. The van der Waals surface area contributed by atoms with Crippen LogP contribution in [0.3, 0.4) is 0 Å².